The van der Waals surface area contributed by atoms with Gasteiger partial charge in [0, 0.05) is 12.1 Å². The molecule has 6 nitrogen and oxygen atoms in total. The quantitative estimate of drug-likeness (QED) is 0.514. The summed E-state index contributed by atoms with van der Waals surface area (Å²) < 4.78 is 43.3. The van der Waals surface area contributed by atoms with Gasteiger partial charge in [0.25, 0.3) is 5.78 Å². The van der Waals surface area contributed by atoms with Crippen molar-refractivity contribution in [2.45, 2.75) is 0 Å². The average Bonchev–Trinajstić information content (AvgIpc) is 3.02. The summed E-state index contributed by atoms with van der Waals surface area (Å²) in [6.45, 7) is 0.538. The first-order chi connectivity index (χ1) is 12.1. The monoisotopic (exact) mass is 367 g/mol. The van der Waals surface area contributed by atoms with Crippen LogP contribution < -0.4 is 5.06 Å². The van der Waals surface area contributed by atoms with Gasteiger partial charge in [-0.05, 0) is 0 Å². The van der Waals surface area contributed by atoms with E-state index in [-0.39, 0.29) is 35.5 Å². The first-order valence-electron chi connectivity index (χ1n) is 7.16. The molecule has 0 saturated carbocycles. The maximum Gasteiger partial charge on any atom is 0.255 e. The molecule has 0 amide bonds. The fourth-order valence-corrected chi connectivity index (χ4v) is 2.86. The lowest BCUT2D eigenvalue weighted by atomic mass is 10.1. The molecule has 0 unspecified atom stereocenters. The van der Waals surface area contributed by atoms with Gasteiger partial charge in [-0.3, -0.25) is 4.84 Å². The molecule has 0 aliphatic carbocycles. The molecule has 0 fully saturated rings. The zero-order valence-corrected chi connectivity index (χ0v) is 13.2. The minimum Gasteiger partial charge on any atom is -0.268 e. The molecule has 128 valence electrons. The van der Waals surface area contributed by atoms with Crippen molar-refractivity contribution in [2.24, 2.45) is 0 Å². The van der Waals surface area contributed by atoms with Crippen LogP contribution in [0.3, 0.4) is 0 Å². The van der Waals surface area contributed by atoms with Crippen LogP contribution in [0, 0.1) is 17.5 Å². The van der Waals surface area contributed by atoms with Crippen LogP contribution >= 0.6 is 11.6 Å². The van der Waals surface area contributed by atoms with E-state index in [0.29, 0.717) is 12.1 Å². The maximum atomic E-state index is 14.4. The summed E-state index contributed by atoms with van der Waals surface area (Å²) >= 11 is 6.18. The van der Waals surface area contributed by atoms with Crippen LogP contribution in [-0.2, 0) is 4.84 Å². The highest BCUT2D eigenvalue weighted by molar-refractivity contribution is 6.33. The Morgan fingerprint density at radius 2 is 1.84 bits per heavy atom. The second kappa shape index (κ2) is 6.01. The van der Waals surface area contributed by atoms with E-state index >= 15 is 0 Å². The molecular formula is C15H9ClF3N5O. The van der Waals surface area contributed by atoms with Gasteiger partial charge < -0.3 is 0 Å². The van der Waals surface area contributed by atoms with Gasteiger partial charge in [-0.25, -0.2) is 18.2 Å². The lowest BCUT2D eigenvalue weighted by Gasteiger charge is -2.27. The summed E-state index contributed by atoms with van der Waals surface area (Å²) in [7, 11) is 0. The molecule has 0 N–H and O–H groups in total. The minimum absolute atomic E-state index is 0.107. The van der Waals surface area contributed by atoms with E-state index < -0.39 is 23.0 Å². The Hall–Kier alpha value is -2.65. The van der Waals surface area contributed by atoms with Gasteiger partial charge in [-0.15, -0.1) is 0 Å². The van der Waals surface area contributed by atoms with E-state index in [1.807, 2.05) is 6.08 Å². The SMILES string of the molecule is Fc1cc(F)c(-c2c(Cl)nc3ncnn3c2N2CC=CCO2)c(F)c1. The molecule has 1 aromatic carbocycles. The molecule has 10 heteroatoms. The largest absolute Gasteiger partial charge is 0.268 e. The van der Waals surface area contributed by atoms with Gasteiger partial charge in [0.05, 0.1) is 24.3 Å². The van der Waals surface area contributed by atoms with Crippen molar-refractivity contribution >= 4 is 23.2 Å². The Bertz CT molecular complexity index is 983. The number of hydroxylamine groups is 1. The van der Waals surface area contributed by atoms with Gasteiger partial charge in [0.1, 0.15) is 28.9 Å². The van der Waals surface area contributed by atoms with Crippen molar-refractivity contribution in [2.75, 3.05) is 18.2 Å². The predicted molar refractivity (Wildman–Crippen MR) is 83.5 cm³/mol. The van der Waals surface area contributed by atoms with Gasteiger partial charge in [0.15, 0.2) is 5.82 Å². The smallest absolute Gasteiger partial charge is 0.255 e. The van der Waals surface area contributed by atoms with Crippen LogP contribution in [0.15, 0.2) is 30.6 Å². The molecule has 0 atom stereocenters. The van der Waals surface area contributed by atoms with Crippen LogP contribution in [0.4, 0.5) is 19.0 Å². The van der Waals surface area contributed by atoms with Crippen LogP contribution in [0.2, 0.25) is 5.15 Å². The summed E-state index contributed by atoms with van der Waals surface area (Å²) in [4.78, 5) is 13.5. The summed E-state index contributed by atoms with van der Waals surface area (Å²) in [6, 6.07) is 1.14. The van der Waals surface area contributed by atoms with Crippen molar-refractivity contribution < 1.29 is 18.0 Å². The number of rotatable bonds is 2. The predicted octanol–water partition coefficient (Wildman–Crippen LogP) is 3.17. The van der Waals surface area contributed by atoms with Gasteiger partial charge in [-0.1, -0.05) is 23.8 Å². The second-order valence-electron chi connectivity index (χ2n) is 5.15. The van der Waals surface area contributed by atoms with Crippen molar-refractivity contribution in [3.63, 3.8) is 0 Å². The molecule has 0 saturated heterocycles. The number of hydrogen-bond acceptors (Lipinski definition) is 5. The molecule has 3 aromatic rings. The highest BCUT2D eigenvalue weighted by Crippen LogP contribution is 2.39. The average molecular weight is 368 g/mol. The van der Waals surface area contributed by atoms with Gasteiger partial charge in [-0.2, -0.15) is 19.6 Å². The zero-order chi connectivity index (χ0) is 17.6. The van der Waals surface area contributed by atoms with Gasteiger partial charge in [0.2, 0.25) is 0 Å². The third-order valence-electron chi connectivity index (χ3n) is 3.62. The first kappa shape index (κ1) is 15.9. The van der Waals surface area contributed by atoms with Gasteiger partial charge >= 0.3 is 0 Å². The molecule has 0 spiro atoms. The van der Waals surface area contributed by atoms with Crippen molar-refractivity contribution in [3.05, 3.63) is 53.2 Å². The fraction of sp³-hybridized carbons (Fsp3) is 0.133. The van der Waals surface area contributed by atoms with Crippen LogP contribution in [-0.4, -0.2) is 32.7 Å². The Labute approximate surface area is 144 Å². The minimum atomic E-state index is -1.12. The topological polar surface area (TPSA) is 55.5 Å². The van der Waals surface area contributed by atoms with E-state index in [9.17, 15) is 13.2 Å². The Kier molecular flexibility index (Phi) is 3.81. The normalized spacial score (nSPS) is 14.5. The number of fused-ring (bicyclic) bond motifs is 1. The summed E-state index contributed by atoms with van der Waals surface area (Å²) in [5.41, 5.74) is -0.630. The third kappa shape index (κ3) is 2.61. The zero-order valence-electron chi connectivity index (χ0n) is 12.5. The molecule has 0 bridgehead atoms. The number of anilines is 1. The molecular weight excluding hydrogens is 359 g/mol. The van der Waals surface area contributed by atoms with E-state index in [2.05, 4.69) is 15.1 Å². The maximum absolute atomic E-state index is 14.4. The highest BCUT2D eigenvalue weighted by atomic mass is 35.5. The summed E-state index contributed by atoms with van der Waals surface area (Å²) in [5, 5.41) is 5.18. The molecule has 1 aliphatic rings. The van der Waals surface area contributed by atoms with Crippen molar-refractivity contribution in [3.8, 4) is 11.1 Å². The lowest BCUT2D eigenvalue weighted by Crippen LogP contribution is -2.30. The third-order valence-corrected chi connectivity index (χ3v) is 3.89. The Morgan fingerprint density at radius 1 is 1.08 bits per heavy atom. The number of nitrogens with zero attached hydrogens (tertiary/aromatic N) is 5. The molecule has 25 heavy (non-hydrogen) atoms. The molecule has 0 radical (unpaired) electrons. The fourth-order valence-electron chi connectivity index (χ4n) is 2.60. The van der Waals surface area contributed by atoms with E-state index in [1.165, 1.54) is 15.9 Å². The standard InChI is InChI=1S/C15H9ClF3N5O/c16-13-12(11-9(18)5-8(17)6-10(11)19)14(23-3-1-2-4-25-23)24-15(22-13)20-7-21-24/h1-2,5-7H,3-4H2. The van der Waals surface area contributed by atoms with E-state index in [1.54, 1.807) is 6.08 Å². The summed E-state index contributed by atoms with van der Waals surface area (Å²) in [6.07, 6.45) is 4.82. The first-order valence-corrected chi connectivity index (χ1v) is 7.53. The van der Waals surface area contributed by atoms with E-state index in [4.69, 9.17) is 16.4 Å². The number of halogens is 4. The van der Waals surface area contributed by atoms with Crippen LogP contribution in [0.5, 0.6) is 0 Å². The number of aromatic nitrogens is 4. The van der Waals surface area contributed by atoms with Crippen molar-refractivity contribution in [1.82, 2.24) is 19.6 Å². The molecule has 1 aliphatic heterocycles. The van der Waals surface area contributed by atoms with Crippen LogP contribution in [0.1, 0.15) is 0 Å². The lowest BCUT2D eigenvalue weighted by molar-refractivity contribution is 0.129. The molecule has 4 rings (SSSR count). The van der Waals surface area contributed by atoms with Crippen LogP contribution in [0.25, 0.3) is 16.9 Å². The van der Waals surface area contributed by atoms with E-state index in [0.717, 1.165) is 0 Å². The highest BCUT2D eigenvalue weighted by Gasteiger charge is 2.28. The number of benzene rings is 1. The van der Waals surface area contributed by atoms with Crippen molar-refractivity contribution in [1.29, 1.82) is 0 Å². The summed E-state index contributed by atoms with van der Waals surface area (Å²) in [5.74, 6) is -3.00. The molecule has 3 heterocycles. The molecule has 2 aromatic heterocycles. The Balaban J connectivity index is 2.07. The second-order valence-corrected chi connectivity index (χ2v) is 5.50. The Morgan fingerprint density at radius 3 is 2.52 bits per heavy atom. The number of hydrogen-bond donors (Lipinski definition) is 0.